The molecule has 2 rings (SSSR count). The Morgan fingerprint density at radius 1 is 1.09 bits per heavy atom. The number of ether oxygens (including phenoxy) is 2. The van der Waals surface area contributed by atoms with Crippen LogP contribution in [0, 0.1) is 16.7 Å². The first-order valence-electron chi connectivity index (χ1n) is 11.3. The van der Waals surface area contributed by atoms with Crippen molar-refractivity contribution in [2.45, 2.75) is 67.2 Å². The molecule has 1 unspecified atom stereocenters. The fourth-order valence-corrected chi connectivity index (χ4v) is 5.15. The molecular weight excluding hydrogens is 442 g/mol. The number of benzene rings is 1. The average Bonchev–Trinajstić information content (AvgIpc) is 2.64. The Kier molecular flexibility index (Phi) is 9.96. The molecule has 2 atom stereocenters. The van der Waals surface area contributed by atoms with Crippen LogP contribution in [0.1, 0.15) is 72.8 Å². The number of nitrogens with one attached hydrogen (secondary N) is 1. The van der Waals surface area contributed by atoms with Gasteiger partial charge < -0.3 is 9.47 Å². The second-order valence-corrected chi connectivity index (χ2v) is 12.9. The highest BCUT2D eigenvalue weighted by Gasteiger charge is 2.35. The monoisotopic (exact) mass is 483 g/mol. The summed E-state index contributed by atoms with van der Waals surface area (Å²) in [6.07, 6.45) is 2.45. The van der Waals surface area contributed by atoms with E-state index in [0.29, 0.717) is 30.9 Å². The smallest absolute Gasteiger partial charge is 0.230 e. The summed E-state index contributed by atoms with van der Waals surface area (Å²) >= 11 is 0. The maximum Gasteiger partial charge on any atom is 0.230 e. The summed E-state index contributed by atoms with van der Waals surface area (Å²) in [6.45, 7) is 14.7. The zero-order valence-electron chi connectivity index (χ0n) is 21.6. The van der Waals surface area contributed by atoms with Gasteiger partial charge in [0.1, 0.15) is 9.84 Å². The molecule has 0 radical (unpaired) electrons. The summed E-state index contributed by atoms with van der Waals surface area (Å²) < 4.78 is 34.3. The minimum Gasteiger partial charge on any atom is -0.493 e. The number of sulfone groups is 1. The summed E-state index contributed by atoms with van der Waals surface area (Å²) in [4.78, 5) is 22.1. The van der Waals surface area contributed by atoms with E-state index in [0.717, 1.165) is 5.56 Å². The molecule has 0 saturated carbocycles. The number of hydrogen-bond donors (Lipinski definition) is 1. The molecule has 1 fully saturated rings. The summed E-state index contributed by atoms with van der Waals surface area (Å²) in [5, 5.41) is 2.36. The molecule has 1 aromatic carbocycles. The summed E-state index contributed by atoms with van der Waals surface area (Å²) in [6, 6.07) is 5.65. The van der Waals surface area contributed by atoms with E-state index in [2.05, 4.69) is 5.32 Å². The molecule has 0 aliphatic carbocycles. The molecule has 1 saturated heterocycles. The van der Waals surface area contributed by atoms with Crippen LogP contribution in [0.3, 0.4) is 0 Å². The van der Waals surface area contributed by atoms with Crippen LogP contribution in [0.5, 0.6) is 11.5 Å². The van der Waals surface area contributed by atoms with Gasteiger partial charge in [-0.15, -0.1) is 0 Å². The van der Waals surface area contributed by atoms with Crippen molar-refractivity contribution in [3.05, 3.63) is 23.8 Å². The highest BCUT2D eigenvalue weighted by atomic mass is 32.2. The summed E-state index contributed by atoms with van der Waals surface area (Å²) in [7, 11) is -1.47. The number of piperidine rings is 1. The average molecular weight is 484 g/mol. The van der Waals surface area contributed by atoms with E-state index in [9.17, 15) is 18.0 Å². The van der Waals surface area contributed by atoms with Crippen LogP contribution >= 0.6 is 0 Å². The van der Waals surface area contributed by atoms with E-state index in [4.69, 9.17) is 9.47 Å². The fourth-order valence-electron chi connectivity index (χ4n) is 3.85. The van der Waals surface area contributed by atoms with Crippen LogP contribution in [0.4, 0.5) is 0 Å². The molecule has 1 aromatic rings. The minimum absolute atomic E-state index is 0.0183. The lowest BCUT2D eigenvalue weighted by molar-refractivity contribution is -0.139. The zero-order valence-corrected chi connectivity index (χ0v) is 22.4. The summed E-state index contributed by atoms with van der Waals surface area (Å²) in [5.41, 5.74) is 0.753. The van der Waals surface area contributed by atoms with Gasteiger partial charge >= 0.3 is 0 Å². The van der Waals surface area contributed by atoms with Crippen LogP contribution in [0.15, 0.2) is 18.2 Å². The first-order chi connectivity index (χ1) is 15.0. The maximum atomic E-state index is 11.7. The third-order valence-corrected chi connectivity index (χ3v) is 6.63. The van der Waals surface area contributed by atoms with E-state index < -0.39 is 9.84 Å². The van der Waals surface area contributed by atoms with Crippen LogP contribution < -0.4 is 14.8 Å². The van der Waals surface area contributed by atoms with Crippen molar-refractivity contribution in [1.29, 1.82) is 0 Å². The van der Waals surface area contributed by atoms with Crippen LogP contribution in [0.2, 0.25) is 0 Å². The maximum absolute atomic E-state index is 11.7. The predicted octanol–water partition coefficient (Wildman–Crippen LogP) is 4.35. The SMILES string of the molecule is CC(C)(C)C1CCC(=O)NC1=O.CCOc1cc([C@@H](CS(C)(=O)=O)C(C)(C)C)ccc1OC. The number of carbonyl (C=O) groups excluding carboxylic acids is 2. The number of amides is 2. The molecule has 0 spiro atoms. The van der Waals surface area contributed by atoms with E-state index in [-0.39, 0.29) is 40.2 Å². The molecular formula is C25H41NO6S. The quantitative estimate of drug-likeness (QED) is 0.604. The fraction of sp³-hybridized carbons (Fsp3) is 0.680. The van der Waals surface area contributed by atoms with Gasteiger partial charge in [0.15, 0.2) is 11.5 Å². The molecule has 8 heteroatoms. The number of rotatable bonds is 6. The first kappa shape index (κ1) is 28.9. The molecule has 1 heterocycles. The van der Waals surface area contributed by atoms with Gasteiger partial charge in [-0.05, 0) is 41.9 Å². The Labute approximate surface area is 199 Å². The molecule has 1 N–H and O–H groups in total. The van der Waals surface area contributed by atoms with Gasteiger partial charge in [-0.2, -0.15) is 0 Å². The summed E-state index contributed by atoms with van der Waals surface area (Å²) in [5.74, 6) is 1.06. The van der Waals surface area contributed by atoms with Crippen LogP contribution in [-0.2, 0) is 19.4 Å². The molecule has 1 aliphatic heterocycles. The normalized spacial score (nSPS) is 18.0. The molecule has 1 aliphatic rings. The zero-order chi connectivity index (χ0) is 25.6. The molecule has 188 valence electrons. The highest BCUT2D eigenvalue weighted by molar-refractivity contribution is 7.90. The van der Waals surface area contributed by atoms with Crippen LogP contribution in [-0.4, -0.2) is 46.0 Å². The lowest BCUT2D eigenvalue weighted by Gasteiger charge is -2.31. The Bertz CT molecular complexity index is 925. The number of carbonyl (C=O) groups is 2. The second kappa shape index (κ2) is 11.4. The van der Waals surface area contributed by atoms with E-state index >= 15 is 0 Å². The largest absolute Gasteiger partial charge is 0.493 e. The van der Waals surface area contributed by atoms with Crippen molar-refractivity contribution in [3.63, 3.8) is 0 Å². The minimum atomic E-state index is -3.07. The standard InChI is InChI=1S/C16H26O4S.C9H15NO2/c1-7-20-15-10-12(8-9-14(15)19-5)13(16(2,3)4)11-21(6,17)18;1-9(2,3)6-4-5-7(11)10-8(6)12/h8-10,13H,7,11H2,1-6H3;6H,4-5H2,1-3H3,(H,10,11,12)/t13-;/m1./s1. The van der Waals surface area contributed by atoms with Crippen molar-refractivity contribution >= 4 is 21.7 Å². The number of imide groups is 1. The highest BCUT2D eigenvalue weighted by Crippen LogP contribution is 2.39. The van der Waals surface area contributed by atoms with Crippen molar-refractivity contribution in [3.8, 4) is 11.5 Å². The van der Waals surface area contributed by atoms with Gasteiger partial charge in [0.25, 0.3) is 0 Å². The predicted molar refractivity (Wildman–Crippen MR) is 131 cm³/mol. The lowest BCUT2D eigenvalue weighted by Crippen LogP contribution is -2.45. The van der Waals surface area contributed by atoms with Crippen molar-refractivity contribution in [1.82, 2.24) is 5.32 Å². The van der Waals surface area contributed by atoms with Gasteiger partial charge in [-0.25, -0.2) is 8.42 Å². The Balaban J connectivity index is 0.000000383. The van der Waals surface area contributed by atoms with Crippen molar-refractivity contribution in [2.75, 3.05) is 25.7 Å². The number of methoxy groups -OCH3 is 1. The van der Waals surface area contributed by atoms with Gasteiger partial charge in [0, 0.05) is 24.5 Å². The van der Waals surface area contributed by atoms with Crippen molar-refractivity contribution in [2.24, 2.45) is 16.7 Å². The Hall–Kier alpha value is -2.09. The van der Waals surface area contributed by atoms with E-state index in [1.165, 1.54) is 6.26 Å². The Morgan fingerprint density at radius 2 is 1.70 bits per heavy atom. The van der Waals surface area contributed by atoms with Gasteiger partial charge in [0.05, 0.1) is 19.5 Å². The third-order valence-electron chi connectivity index (χ3n) is 5.69. The Morgan fingerprint density at radius 3 is 2.12 bits per heavy atom. The molecule has 0 aromatic heterocycles. The lowest BCUT2D eigenvalue weighted by atomic mass is 9.76. The number of hydrogen-bond acceptors (Lipinski definition) is 6. The molecule has 0 bridgehead atoms. The van der Waals surface area contributed by atoms with Crippen LogP contribution in [0.25, 0.3) is 0 Å². The second-order valence-electron chi connectivity index (χ2n) is 10.7. The van der Waals surface area contributed by atoms with E-state index in [1.807, 2.05) is 66.7 Å². The topological polar surface area (TPSA) is 98.8 Å². The third kappa shape index (κ3) is 9.35. The van der Waals surface area contributed by atoms with Crippen molar-refractivity contribution < 1.29 is 27.5 Å². The first-order valence-corrected chi connectivity index (χ1v) is 13.4. The van der Waals surface area contributed by atoms with Gasteiger partial charge in [0.2, 0.25) is 11.8 Å². The molecule has 7 nitrogen and oxygen atoms in total. The molecule has 33 heavy (non-hydrogen) atoms. The van der Waals surface area contributed by atoms with Gasteiger partial charge in [-0.1, -0.05) is 47.6 Å². The molecule has 2 amide bonds. The van der Waals surface area contributed by atoms with E-state index in [1.54, 1.807) is 7.11 Å². The van der Waals surface area contributed by atoms with Gasteiger partial charge in [-0.3, -0.25) is 14.9 Å².